The van der Waals surface area contributed by atoms with Gasteiger partial charge in [-0.25, -0.2) is 13.6 Å². The number of rotatable bonds is 4. The third-order valence-corrected chi connectivity index (χ3v) is 4.70. The van der Waals surface area contributed by atoms with E-state index in [0.717, 1.165) is 17.0 Å². The lowest BCUT2D eigenvalue weighted by atomic mass is 10.2. The number of aryl methyl sites for hydroxylation is 2. The van der Waals surface area contributed by atoms with Gasteiger partial charge in [-0.15, -0.1) is 0 Å². The zero-order valence-electron chi connectivity index (χ0n) is 13.1. The molecule has 0 bridgehead atoms. The summed E-state index contributed by atoms with van der Waals surface area (Å²) in [6.07, 6.45) is 0. The Labute approximate surface area is 140 Å². The number of nitrogens with one attached hydrogen (secondary N) is 2. The lowest BCUT2D eigenvalue weighted by Gasteiger charge is -2.11. The maximum atomic E-state index is 11.2. The Morgan fingerprint density at radius 3 is 2.39 bits per heavy atom. The van der Waals surface area contributed by atoms with Crippen LogP contribution < -0.4 is 15.8 Å². The summed E-state index contributed by atoms with van der Waals surface area (Å²) >= 11 is 5.24. The third kappa shape index (κ3) is 4.27. The van der Waals surface area contributed by atoms with Gasteiger partial charge in [-0.2, -0.15) is 5.10 Å². The van der Waals surface area contributed by atoms with Crippen LogP contribution in [0.25, 0.3) is 0 Å². The van der Waals surface area contributed by atoms with Crippen molar-refractivity contribution in [2.45, 2.75) is 25.3 Å². The quantitative estimate of drug-likeness (QED) is 0.713. The molecule has 2 aromatic rings. The van der Waals surface area contributed by atoms with Gasteiger partial charge in [0.1, 0.15) is 0 Å². The normalized spacial score (nSPS) is 11.3. The molecule has 0 atom stereocenters. The van der Waals surface area contributed by atoms with Crippen LogP contribution >= 0.6 is 12.2 Å². The maximum absolute atomic E-state index is 11.2. The van der Waals surface area contributed by atoms with Gasteiger partial charge in [-0.3, -0.25) is 4.68 Å². The predicted molar refractivity (Wildman–Crippen MR) is 93.6 cm³/mol. The van der Waals surface area contributed by atoms with Gasteiger partial charge in [-0.1, -0.05) is 0 Å². The van der Waals surface area contributed by atoms with Crippen LogP contribution in [0.15, 0.2) is 29.2 Å². The summed E-state index contributed by atoms with van der Waals surface area (Å²) in [5, 5.41) is 16.0. The van der Waals surface area contributed by atoms with Crippen LogP contribution in [0.2, 0.25) is 0 Å². The first-order valence-electron chi connectivity index (χ1n) is 6.85. The summed E-state index contributed by atoms with van der Waals surface area (Å²) in [6.45, 7) is 4.51. The summed E-state index contributed by atoms with van der Waals surface area (Å²) < 4.78 is 24.2. The lowest BCUT2D eigenvalue weighted by Crippen LogP contribution is -2.28. The Morgan fingerprint density at radius 1 is 1.30 bits per heavy atom. The topological polar surface area (TPSA) is 102 Å². The Balaban J connectivity index is 1.97. The second-order valence-electron chi connectivity index (χ2n) is 5.15. The molecule has 7 nitrogen and oxygen atoms in total. The van der Waals surface area contributed by atoms with Crippen molar-refractivity contribution in [3.05, 3.63) is 41.2 Å². The Morgan fingerprint density at radius 2 is 1.91 bits per heavy atom. The van der Waals surface area contributed by atoms with E-state index in [4.69, 9.17) is 17.4 Å². The summed E-state index contributed by atoms with van der Waals surface area (Å²) in [6, 6.07) is 6.06. The number of hydrogen-bond acceptors (Lipinski definition) is 4. The molecule has 0 radical (unpaired) electrons. The van der Waals surface area contributed by atoms with Crippen molar-refractivity contribution >= 4 is 33.0 Å². The minimum Gasteiger partial charge on any atom is -0.358 e. The van der Waals surface area contributed by atoms with Gasteiger partial charge in [0.25, 0.3) is 0 Å². The van der Waals surface area contributed by atoms with Gasteiger partial charge in [0.15, 0.2) is 5.11 Å². The molecule has 0 aliphatic carbocycles. The van der Waals surface area contributed by atoms with Crippen molar-refractivity contribution < 1.29 is 8.42 Å². The zero-order valence-corrected chi connectivity index (χ0v) is 14.8. The number of anilines is 1. The molecular weight excluding hydrogens is 334 g/mol. The first kappa shape index (κ1) is 17.4. The van der Waals surface area contributed by atoms with Gasteiger partial charge < -0.3 is 10.6 Å². The van der Waals surface area contributed by atoms with Crippen molar-refractivity contribution in [1.82, 2.24) is 15.1 Å². The van der Waals surface area contributed by atoms with Gasteiger partial charge in [-0.05, 0) is 50.3 Å². The molecule has 0 fully saturated rings. The molecule has 0 unspecified atom stereocenters. The first-order chi connectivity index (χ1) is 10.7. The Hall–Kier alpha value is -1.97. The number of nitrogens with zero attached hydrogens (tertiary/aromatic N) is 2. The molecule has 0 spiro atoms. The van der Waals surface area contributed by atoms with E-state index in [1.807, 2.05) is 25.6 Å². The molecule has 0 aliphatic rings. The van der Waals surface area contributed by atoms with Crippen LogP contribution in [0.3, 0.4) is 0 Å². The third-order valence-electron chi connectivity index (χ3n) is 3.53. The summed E-state index contributed by atoms with van der Waals surface area (Å²) in [4.78, 5) is 0.0588. The number of aromatic nitrogens is 2. The van der Waals surface area contributed by atoms with E-state index in [9.17, 15) is 8.42 Å². The molecule has 1 aromatic carbocycles. The maximum Gasteiger partial charge on any atom is 0.238 e. The molecule has 0 amide bonds. The molecule has 1 aromatic heterocycles. The average molecular weight is 353 g/mol. The SMILES string of the molecule is Cc1nn(C)c(C)c1CNC(=S)Nc1ccc(S(N)(=O)=O)cc1. The van der Waals surface area contributed by atoms with Crippen LogP contribution in [-0.2, 0) is 23.6 Å². The molecule has 0 aliphatic heterocycles. The number of thiocarbonyl (C=S) groups is 1. The highest BCUT2D eigenvalue weighted by Crippen LogP contribution is 2.13. The monoisotopic (exact) mass is 353 g/mol. The summed E-state index contributed by atoms with van der Waals surface area (Å²) in [7, 11) is -1.79. The minimum absolute atomic E-state index is 0.0588. The zero-order chi connectivity index (χ0) is 17.2. The number of hydrogen-bond donors (Lipinski definition) is 3. The molecule has 0 saturated heterocycles. The van der Waals surface area contributed by atoms with Crippen LogP contribution in [0.1, 0.15) is 17.0 Å². The fourth-order valence-corrected chi connectivity index (χ4v) is 2.85. The van der Waals surface area contributed by atoms with Crippen molar-refractivity contribution in [2.24, 2.45) is 12.2 Å². The van der Waals surface area contributed by atoms with Crippen LogP contribution in [0, 0.1) is 13.8 Å². The van der Waals surface area contributed by atoms with Crippen molar-refractivity contribution in [3.8, 4) is 0 Å². The highest BCUT2D eigenvalue weighted by molar-refractivity contribution is 7.89. The standard InChI is InChI=1S/C14H19N5O2S2/c1-9-13(10(2)19(3)18-9)8-16-14(22)17-11-4-6-12(7-5-11)23(15,20)21/h4-7H,8H2,1-3H3,(H2,15,20,21)(H2,16,17,22). The number of sulfonamides is 1. The molecule has 4 N–H and O–H groups in total. The fourth-order valence-electron chi connectivity index (χ4n) is 2.15. The molecule has 124 valence electrons. The van der Waals surface area contributed by atoms with Crippen molar-refractivity contribution in [1.29, 1.82) is 0 Å². The lowest BCUT2D eigenvalue weighted by molar-refractivity contribution is 0.598. The Bertz CT molecular complexity index is 826. The molecule has 0 saturated carbocycles. The van der Waals surface area contributed by atoms with E-state index >= 15 is 0 Å². The van der Waals surface area contributed by atoms with E-state index in [2.05, 4.69) is 15.7 Å². The second kappa shape index (κ2) is 6.65. The highest BCUT2D eigenvalue weighted by atomic mass is 32.2. The number of nitrogens with two attached hydrogens (primary N) is 1. The molecular formula is C14H19N5O2S2. The van der Waals surface area contributed by atoms with Crippen LogP contribution in [0.5, 0.6) is 0 Å². The van der Waals surface area contributed by atoms with Gasteiger partial charge in [0.2, 0.25) is 10.0 Å². The smallest absolute Gasteiger partial charge is 0.238 e. The first-order valence-corrected chi connectivity index (χ1v) is 8.80. The van der Waals surface area contributed by atoms with Crippen molar-refractivity contribution in [2.75, 3.05) is 5.32 Å². The van der Waals surface area contributed by atoms with E-state index in [-0.39, 0.29) is 4.90 Å². The molecule has 23 heavy (non-hydrogen) atoms. The fraction of sp³-hybridized carbons (Fsp3) is 0.286. The van der Waals surface area contributed by atoms with Gasteiger partial charge in [0, 0.05) is 30.5 Å². The van der Waals surface area contributed by atoms with Crippen molar-refractivity contribution in [3.63, 3.8) is 0 Å². The predicted octanol–water partition coefficient (Wildman–Crippen LogP) is 1.17. The van der Waals surface area contributed by atoms with E-state index in [0.29, 0.717) is 17.3 Å². The highest BCUT2D eigenvalue weighted by Gasteiger charge is 2.10. The van der Waals surface area contributed by atoms with E-state index in [1.165, 1.54) is 12.1 Å². The van der Waals surface area contributed by atoms with Gasteiger partial charge in [0.05, 0.1) is 10.6 Å². The Kier molecular flexibility index (Phi) is 5.03. The van der Waals surface area contributed by atoms with Gasteiger partial charge >= 0.3 is 0 Å². The number of benzene rings is 1. The van der Waals surface area contributed by atoms with Crippen LogP contribution in [-0.4, -0.2) is 23.3 Å². The van der Waals surface area contributed by atoms with E-state index < -0.39 is 10.0 Å². The summed E-state index contributed by atoms with van der Waals surface area (Å²) in [5.74, 6) is 0. The molecule has 2 rings (SSSR count). The molecule has 9 heteroatoms. The average Bonchev–Trinajstić information content (AvgIpc) is 2.70. The number of primary sulfonamides is 1. The molecule has 1 heterocycles. The van der Waals surface area contributed by atoms with E-state index in [1.54, 1.807) is 12.1 Å². The largest absolute Gasteiger partial charge is 0.358 e. The van der Waals surface area contributed by atoms with Crippen LogP contribution in [0.4, 0.5) is 5.69 Å². The summed E-state index contributed by atoms with van der Waals surface area (Å²) in [5.41, 5.74) is 3.81. The second-order valence-corrected chi connectivity index (χ2v) is 7.12. The minimum atomic E-state index is -3.69.